The molecule has 0 aliphatic carbocycles. The lowest BCUT2D eigenvalue weighted by atomic mass is 9.77. The van der Waals surface area contributed by atoms with Crippen molar-refractivity contribution in [3.63, 3.8) is 0 Å². The van der Waals surface area contributed by atoms with Gasteiger partial charge in [-0.1, -0.05) is 0 Å². The highest BCUT2D eigenvalue weighted by Crippen LogP contribution is 1.98. The first kappa shape index (κ1) is 8.03. The molecule has 1 heterocycles. The lowest BCUT2D eigenvalue weighted by Gasteiger charge is -2.21. The van der Waals surface area contributed by atoms with Crippen LogP contribution in [0.2, 0.25) is 0 Å². The largest absolute Gasteiger partial charge is 0.476 e. The van der Waals surface area contributed by atoms with Gasteiger partial charge in [-0.25, -0.2) is 4.79 Å². The van der Waals surface area contributed by atoms with E-state index < -0.39 is 25.0 Å². The molecule has 6 nitrogen and oxygen atoms in total. The van der Waals surface area contributed by atoms with Crippen molar-refractivity contribution >= 4 is 19.1 Å². The second kappa shape index (κ2) is 2.89. The molecule has 1 aliphatic heterocycles. The first-order chi connectivity index (χ1) is 5.09. The summed E-state index contributed by atoms with van der Waals surface area (Å²) in [7, 11) is -1.69. The van der Waals surface area contributed by atoms with Crippen molar-refractivity contribution in [1.29, 1.82) is 0 Å². The summed E-state index contributed by atoms with van der Waals surface area (Å²) in [5, 5.41) is 21.3. The zero-order valence-corrected chi connectivity index (χ0v) is 5.57. The summed E-state index contributed by atoms with van der Waals surface area (Å²) in [6, 6.07) is -0.695. The summed E-state index contributed by atoms with van der Waals surface area (Å²) >= 11 is 0. The Balaban J connectivity index is 2.56. The molecule has 1 unspecified atom stereocenters. The van der Waals surface area contributed by atoms with E-state index in [1.807, 2.05) is 5.32 Å². The molecule has 1 saturated heterocycles. The van der Waals surface area contributed by atoms with E-state index in [4.69, 9.17) is 10.0 Å². The Morgan fingerprint density at radius 1 is 1.45 bits per heavy atom. The number of rotatable bonds is 1. The molecule has 0 radical (unpaired) electrons. The summed E-state index contributed by atoms with van der Waals surface area (Å²) in [4.78, 5) is 21.1. The molecule has 11 heavy (non-hydrogen) atoms. The van der Waals surface area contributed by atoms with Gasteiger partial charge in [-0.2, -0.15) is 0 Å². The van der Waals surface area contributed by atoms with Crippen LogP contribution >= 0.6 is 0 Å². The van der Waals surface area contributed by atoms with Crippen LogP contribution in [0.1, 0.15) is 6.42 Å². The van der Waals surface area contributed by atoms with Crippen molar-refractivity contribution in [2.24, 2.45) is 0 Å². The fourth-order valence-electron chi connectivity index (χ4n) is 0.813. The molecule has 1 rings (SSSR count). The molecule has 0 aromatic heterocycles. The van der Waals surface area contributed by atoms with Crippen molar-refractivity contribution < 1.29 is 19.6 Å². The van der Waals surface area contributed by atoms with Crippen LogP contribution in [0.25, 0.3) is 0 Å². The van der Waals surface area contributed by atoms with Crippen LogP contribution in [-0.2, 0) is 4.79 Å². The summed E-state index contributed by atoms with van der Waals surface area (Å²) in [6.07, 6.45) is -0.108. The number of carbonyl (C=O) groups excluding carboxylic acids is 2. The number of amides is 3. The third kappa shape index (κ3) is 1.92. The number of hydrogen-bond donors (Lipinski definition) is 4. The molecule has 1 aliphatic rings. The Morgan fingerprint density at radius 3 is 2.55 bits per heavy atom. The molecular weight excluding hydrogens is 151 g/mol. The normalized spacial score (nSPS) is 24.0. The maximum Gasteiger partial charge on any atom is 0.476 e. The van der Waals surface area contributed by atoms with E-state index in [1.54, 1.807) is 0 Å². The average molecular weight is 158 g/mol. The van der Waals surface area contributed by atoms with Crippen molar-refractivity contribution in [2.75, 3.05) is 0 Å². The van der Waals surface area contributed by atoms with Gasteiger partial charge in [-0.15, -0.1) is 0 Å². The summed E-state index contributed by atoms with van der Waals surface area (Å²) in [6.45, 7) is 0. The van der Waals surface area contributed by atoms with Crippen LogP contribution in [-0.4, -0.2) is 35.0 Å². The lowest BCUT2D eigenvalue weighted by Crippen LogP contribution is -2.58. The Bertz CT molecular complexity index is 179. The van der Waals surface area contributed by atoms with Gasteiger partial charge in [-0.3, -0.25) is 10.1 Å². The number of nitrogens with one attached hydrogen (secondary N) is 2. The Labute approximate surface area is 62.7 Å². The monoisotopic (exact) mass is 158 g/mol. The van der Waals surface area contributed by atoms with Crippen LogP contribution in [0.15, 0.2) is 0 Å². The zero-order chi connectivity index (χ0) is 8.43. The molecule has 60 valence electrons. The molecule has 0 aromatic rings. The van der Waals surface area contributed by atoms with Gasteiger partial charge >= 0.3 is 13.1 Å². The molecule has 7 heteroatoms. The van der Waals surface area contributed by atoms with Gasteiger partial charge in [0.1, 0.15) is 0 Å². The molecule has 0 aromatic carbocycles. The summed E-state index contributed by atoms with van der Waals surface area (Å²) < 4.78 is 0. The smallest absolute Gasteiger partial charge is 0.426 e. The van der Waals surface area contributed by atoms with E-state index >= 15 is 0 Å². The lowest BCUT2D eigenvalue weighted by molar-refractivity contribution is -0.120. The summed E-state index contributed by atoms with van der Waals surface area (Å²) in [5.74, 6) is -1.40. The van der Waals surface area contributed by atoms with Crippen molar-refractivity contribution in [3.8, 4) is 0 Å². The number of urea groups is 1. The SMILES string of the molecule is O=C1CC(B(O)O)NC(=O)N1. The summed E-state index contributed by atoms with van der Waals surface area (Å²) in [5.41, 5.74) is 0. The van der Waals surface area contributed by atoms with E-state index in [9.17, 15) is 9.59 Å². The first-order valence-corrected chi connectivity index (χ1v) is 3.06. The number of carbonyl (C=O) groups is 2. The minimum absolute atomic E-state index is 0.108. The third-order valence-electron chi connectivity index (χ3n) is 1.33. The van der Waals surface area contributed by atoms with Gasteiger partial charge in [-0.05, 0) is 0 Å². The van der Waals surface area contributed by atoms with Crippen molar-refractivity contribution in [3.05, 3.63) is 0 Å². The van der Waals surface area contributed by atoms with E-state index in [0.717, 1.165) is 0 Å². The van der Waals surface area contributed by atoms with Gasteiger partial charge in [0.25, 0.3) is 0 Å². The highest BCUT2D eigenvalue weighted by molar-refractivity contribution is 6.44. The molecule has 1 atom stereocenters. The van der Waals surface area contributed by atoms with Crippen LogP contribution in [0, 0.1) is 0 Å². The molecular formula is C4H7BN2O4. The molecule has 0 bridgehead atoms. The number of hydrogen-bond acceptors (Lipinski definition) is 4. The Hall–Kier alpha value is -1.08. The minimum atomic E-state index is -1.69. The van der Waals surface area contributed by atoms with Crippen LogP contribution in [0.5, 0.6) is 0 Å². The topological polar surface area (TPSA) is 98.7 Å². The fourth-order valence-corrected chi connectivity index (χ4v) is 0.813. The quantitative estimate of drug-likeness (QED) is 0.319. The third-order valence-corrected chi connectivity index (χ3v) is 1.33. The maximum absolute atomic E-state index is 10.6. The van der Waals surface area contributed by atoms with E-state index in [0.29, 0.717) is 0 Å². The second-order valence-corrected chi connectivity index (χ2v) is 2.25. The van der Waals surface area contributed by atoms with E-state index in [2.05, 4.69) is 5.32 Å². The maximum atomic E-state index is 10.6. The first-order valence-electron chi connectivity index (χ1n) is 3.06. The van der Waals surface area contributed by atoms with E-state index in [-0.39, 0.29) is 6.42 Å². The van der Waals surface area contributed by atoms with Crippen molar-refractivity contribution in [1.82, 2.24) is 10.6 Å². The second-order valence-electron chi connectivity index (χ2n) is 2.25. The standard InChI is InChI=1S/C4H7BN2O4/c8-3-1-2(5(10)11)6-4(9)7-3/h2,10-11H,1H2,(H2,6,7,8,9). The van der Waals surface area contributed by atoms with Gasteiger partial charge in [0.05, 0.1) is 5.94 Å². The fraction of sp³-hybridized carbons (Fsp3) is 0.500. The molecule has 3 amide bonds. The zero-order valence-electron chi connectivity index (χ0n) is 5.57. The van der Waals surface area contributed by atoms with Crippen LogP contribution in [0.3, 0.4) is 0 Å². The Morgan fingerprint density at radius 2 is 2.09 bits per heavy atom. The highest BCUT2D eigenvalue weighted by Gasteiger charge is 2.32. The van der Waals surface area contributed by atoms with Gasteiger partial charge in [0.15, 0.2) is 0 Å². The van der Waals surface area contributed by atoms with Crippen LogP contribution in [0.4, 0.5) is 4.79 Å². The highest BCUT2D eigenvalue weighted by atomic mass is 16.4. The molecule has 0 saturated carbocycles. The number of imide groups is 1. The Kier molecular flexibility index (Phi) is 2.11. The molecule has 4 N–H and O–H groups in total. The average Bonchev–Trinajstić information content (AvgIpc) is 1.85. The van der Waals surface area contributed by atoms with Crippen molar-refractivity contribution in [2.45, 2.75) is 12.4 Å². The molecule has 0 spiro atoms. The van der Waals surface area contributed by atoms with Gasteiger partial charge in [0.2, 0.25) is 5.91 Å². The molecule has 1 fully saturated rings. The van der Waals surface area contributed by atoms with Gasteiger partial charge in [0, 0.05) is 6.42 Å². The van der Waals surface area contributed by atoms with E-state index in [1.165, 1.54) is 0 Å². The van der Waals surface area contributed by atoms with Crippen LogP contribution < -0.4 is 10.6 Å². The predicted octanol–water partition coefficient (Wildman–Crippen LogP) is -2.40. The van der Waals surface area contributed by atoms with Gasteiger partial charge < -0.3 is 15.4 Å². The minimum Gasteiger partial charge on any atom is -0.426 e. The predicted molar refractivity (Wildman–Crippen MR) is 35.3 cm³/mol.